The highest BCUT2D eigenvalue weighted by Crippen LogP contribution is 2.40. The Morgan fingerprint density at radius 1 is 1.00 bits per heavy atom. The van der Waals surface area contributed by atoms with Crippen LogP contribution >= 0.6 is 0 Å². The molecule has 5 rings (SSSR count). The first-order chi connectivity index (χ1) is 14.4. The minimum absolute atomic E-state index is 0.0257. The number of aromatic hydroxyl groups is 1. The van der Waals surface area contributed by atoms with Crippen molar-refractivity contribution in [2.24, 2.45) is 0 Å². The lowest BCUT2D eigenvalue weighted by Crippen LogP contribution is -2.30. The Bertz CT molecular complexity index is 1370. The van der Waals surface area contributed by atoms with Crippen molar-refractivity contribution in [3.05, 3.63) is 99.0 Å². The van der Waals surface area contributed by atoms with Crippen molar-refractivity contribution >= 4 is 22.7 Å². The number of hydrogen-bond donors (Lipinski definition) is 1. The van der Waals surface area contributed by atoms with Crippen molar-refractivity contribution < 1.29 is 14.3 Å². The van der Waals surface area contributed by atoms with Crippen LogP contribution in [0.1, 0.15) is 39.0 Å². The Kier molecular flexibility index (Phi) is 3.96. The van der Waals surface area contributed by atoms with Crippen LogP contribution < -0.4 is 10.3 Å². The lowest BCUT2D eigenvalue weighted by molar-refractivity contribution is 0.0970. The Hall–Kier alpha value is -3.93. The van der Waals surface area contributed by atoms with Gasteiger partial charge in [0.25, 0.3) is 5.91 Å². The molecule has 4 aromatic rings. The minimum Gasteiger partial charge on any atom is -0.508 e. The summed E-state index contributed by atoms with van der Waals surface area (Å²) in [5.74, 6) is 0.146. The van der Waals surface area contributed by atoms with Gasteiger partial charge in [0, 0.05) is 5.69 Å². The van der Waals surface area contributed by atoms with Crippen LogP contribution in [0.2, 0.25) is 0 Å². The molecule has 0 fully saturated rings. The van der Waals surface area contributed by atoms with Gasteiger partial charge in [-0.1, -0.05) is 29.8 Å². The predicted octanol–water partition coefficient (Wildman–Crippen LogP) is 4.26. The molecule has 1 N–H and O–H groups in total. The van der Waals surface area contributed by atoms with Crippen molar-refractivity contribution in [3.8, 4) is 5.75 Å². The quantitative estimate of drug-likeness (QED) is 0.545. The number of carbonyl (C=O) groups excluding carboxylic acids is 1. The van der Waals surface area contributed by atoms with Crippen LogP contribution in [0.5, 0.6) is 5.75 Å². The third kappa shape index (κ3) is 2.69. The number of anilines is 1. The molecule has 0 saturated heterocycles. The van der Waals surface area contributed by atoms with E-state index in [9.17, 15) is 14.7 Å². The normalized spacial score (nSPS) is 15.6. The fraction of sp³-hybridized carbons (Fsp3) is 0.125. The van der Waals surface area contributed by atoms with E-state index in [0.29, 0.717) is 22.4 Å². The monoisotopic (exact) mass is 398 g/mol. The summed E-state index contributed by atoms with van der Waals surface area (Å²) in [5.41, 5.74) is 2.78. The third-order valence-electron chi connectivity index (χ3n) is 5.35. The Labute approximate surface area is 172 Å². The van der Waals surface area contributed by atoms with Gasteiger partial charge in [0.2, 0.25) is 5.76 Å². The minimum atomic E-state index is -0.705. The van der Waals surface area contributed by atoms with E-state index >= 15 is 0 Å². The Balaban J connectivity index is 1.83. The second-order valence-electron chi connectivity index (χ2n) is 7.48. The molecule has 30 heavy (non-hydrogen) atoms. The van der Waals surface area contributed by atoms with Crippen molar-refractivity contribution in [1.29, 1.82) is 0 Å². The molecule has 6 heteroatoms. The molecule has 148 valence electrons. The summed E-state index contributed by atoms with van der Waals surface area (Å²) in [6.45, 7) is 3.74. The van der Waals surface area contributed by atoms with Crippen molar-refractivity contribution in [3.63, 3.8) is 0 Å². The second-order valence-corrected chi connectivity index (χ2v) is 7.48. The molecule has 1 amide bonds. The van der Waals surface area contributed by atoms with Crippen molar-refractivity contribution in [2.45, 2.75) is 19.9 Å². The number of rotatable bonds is 2. The summed E-state index contributed by atoms with van der Waals surface area (Å²) in [4.78, 5) is 32.9. The fourth-order valence-corrected chi connectivity index (χ4v) is 3.96. The van der Waals surface area contributed by atoms with Gasteiger partial charge in [-0.05, 0) is 55.8 Å². The number of phenolic OH excluding ortho intramolecular Hbond substituents is 1. The van der Waals surface area contributed by atoms with E-state index in [-0.39, 0.29) is 22.5 Å². The number of aromatic nitrogens is 1. The highest BCUT2D eigenvalue weighted by atomic mass is 16.3. The largest absolute Gasteiger partial charge is 0.508 e. The van der Waals surface area contributed by atoms with Gasteiger partial charge in [-0.3, -0.25) is 14.5 Å². The van der Waals surface area contributed by atoms with Crippen LogP contribution in [0.4, 0.5) is 5.82 Å². The molecule has 1 atom stereocenters. The number of amides is 1. The molecule has 6 nitrogen and oxygen atoms in total. The Morgan fingerprint density at radius 3 is 2.50 bits per heavy atom. The van der Waals surface area contributed by atoms with E-state index in [4.69, 9.17) is 4.42 Å². The van der Waals surface area contributed by atoms with Gasteiger partial charge >= 0.3 is 0 Å². The number of carbonyl (C=O) groups is 1. The molecule has 2 aromatic carbocycles. The summed E-state index contributed by atoms with van der Waals surface area (Å²) in [5, 5.41) is 10.2. The molecule has 2 aromatic heterocycles. The smallest absolute Gasteiger partial charge is 0.296 e. The van der Waals surface area contributed by atoms with Gasteiger partial charge in [-0.2, -0.15) is 0 Å². The number of phenols is 1. The lowest BCUT2D eigenvalue weighted by Gasteiger charge is -2.24. The van der Waals surface area contributed by atoms with Crippen LogP contribution in [-0.2, 0) is 0 Å². The van der Waals surface area contributed by atoms with Gasteiger partial charge in [0.15, 0.2) is 5.43 Å². The van der Waals surface area contributed by atoms with Crippen LogP contribution in [0.3, 0.4) is 0 Å². The average Bonchev–Trinajstić information content (AvgIpc) is 3.02. The van der Waals surface area contributed by atoms with E-state index in [1.807, 2.05) is 32.0 Å². The molecule has 3 heterocycles. The van der Waals surface area contributed by atoms with E-state index in [0.717, 1.165) is 11.3 Å². The molecule has 1 aliphatic heterocycles. The first-order valence-corrected chi connectivity index (χ1v) is 9.57. The zero-order chi connectivity index (χ0) is 21.0. The summed E-state index contributed by atoms with van der Waals surface area (Å²) in [6, 6.07) is 16.5. The SMILES string of the molecule is Cc1ccc2oc3c(c(=O)c2c1)[C@@H](c1ccc(O)cc1)N(c1cccc(C)n1)C3=O. The number of hydrogen-bond acceptors (Lipinski definition) is 5. The molecule has 0 spiro atoms. The van der Waals surface area contributed by atoms with Crippen LogP contribution in [0.15, 0.2) is 69.9 Å². The number of nitrogens with zero attached hydrogens (tertiary/aromatic N) is 2. The van der Waals surface area contributed by atoms with Gasteiger partial charge in [-0.25, -0.2) is 4.98 Å². The maximum atomic E-state index is 13.5. The summed E-state index contributed by atoms with van der Waals surface area (Å²) < 4.78 is 5.94. The molecule has 0 radical (unpaired) electrons. The van der Waals surface area contributed by atoms with Gasteiger partial charge in [-0.15, -0.1) is 0 Å². The van der Waals surface area contributed by atoms with E-state index in [1.54, 1.807) is 30.3 Å². The van der Waals surface area contributed by atoms with Crippen LogP contribution in [0.25, 0.3) is 11.0 Å². The summed E-state index contributed by atoms with van der Waals surface area (Å²) >= 11 is 0. The number of fused-ring (bicyclic) bond motifs is 2. The topological polar surface area (TPSA) is 83.6 Å². The summed E-state index contributed by atoms with van der Waals surface area (Å²) in [7, 11) is 0. The lowest BCUT2D eigenvalue weighted by atomic mass is 9.98. The molecule has 1 aliphatic rings. The van der Waals surface area contributed by atoms with E-state index in [1.165, 1.54) is 17.0 Å². The van der Waals surface area contributed by atoms with Crippen molar-refractivity contribution in [1.82, 2.24) is 4.98 Å². The maximum Gasteiger partial charge on any atom is 0.296 e. The van der Waals surface area contributed by atoms with Crippen LogP contribution in [0, 0.1) is 13.8 Å². The van der Waals surface area contributed by atoms with E-state index in [2.05, 4.69) is 4.98 Å². The standard InChI is InChI=1S/C24H18N2O4/c1-13-6-11-18-17(12-13)22(28)20-21(15-7-9-16(27)10-8-15)26(24(29)23(20)30-18)19-5-3-4-14(2)25-19/h3-12,21,27H,1-2H3/t21-/m1/s1. The van der Waals surface area contributed by atoms with Gasteiger partial charge in [0.05, 0.1) is 17.0 Å². The molecule has 0 bridgehead atoms. The maximum absolute atomic E-state index is 13.5. The van der Waals surface area contributed by atoms with Gasteiger partial charge in [0.1, 0.15) is 17.2 Å². The highest BCUT2D eigenvalue weighted by molar-refractivity contribution is 6.10. The second kappa shape index (κ2) is 6.56. The molecule has 0 aliphatic carbocycles. The predicted molar refractivity (Wildman–Crippen MR) is 113 cm³/mol. The fourth-order valence-electron chi connectivity index (χ4n) is 3.96. The first kappa shape index (κ1) is 18.1. The van der Waals surface area contributed by atoms with Crippen LogP contribution in [-0.4, -0.2) is 16.0 Å². The summed E-state index contributed by atoms with van der Waals surface area (Å²) in [6.07, 6.45) is 0. The number of aryl methyl sites for hydroxylation is 2. The molecular weight excluding hydrogens is 380 g/mol. The molecule has 0 saturated carbocycles. The van der Waals surface area contributed by atoms with E-state index < -0.39 is 11.9 Å². The van der Waals surface area contributed by atoms with Gasteiger partial charge < -0.3 is 9.52 Å². The average molecular weight is 398 g/mol. The number of benzene rings is 2. The zero-order valence-corrected chi connectivity index (χ0v) is 16.4. The zero-order valence-electron chi connectivity index (χ0n) is 16.4. The first-order valence-electron chi connectivity index (χ1n) is 9.57. The number of pyridine rings is 1. The highest BCUT2D eigenvalue weighted by Gasteiger charge is 2.44. The Morgan fingerprint density at radius 2 is 1.77 bits per heavy atom. The molecule has 0 unspecified atom stereocenters. The van der Waals surface area contributed by atoms with Crippen molar-refractivity contribution in [2.75, 3.05) is 4.90 Å². The molecular formula is C24H18N2O4. The third-order valence-corrected chi connectivity index (χ3v) is 5.35.